The van der Waals surface area contributed by atoms with Crippen molar-refractivity contribution in [1.82, 2.24) is 10.2 Å². The minimum absolute atomic E-state index is 0.292. The van der Waals surface area contributed by atoms with Crippen LogP contribution in [0, 0.1) is 5.41 Å². The standard InChI is InChI=1S/C12H26N2/c1-11(2,3)10-9-13-7-8-14(10)12(4,5)6/h10,13H,7-9H2,1-6H3. The van der Waals surface area contributed by atoms with Gasteiger partial charge in [-0.2, -0.15) is 0 Å². The van der Waals surface area contributed by atoms with Crippen LogP contribution in [0.3, 0.4) is 0 Å². The Balaban J connectivity index is 2.80. The number of rotatable bonds is 0. The van der Waals surface area contributed by atoms with Crippen molar-refractivity contribution in [3.05, 3.63) is 0 Å². The third-order valence-electron chi connectivity index (χ3n) is 3.10. The molecule has 1 rings (SSSR count). The van der Waals surface area contributed by atoms with Crippen LogP contribution in [-0.4, -0.2) is 36.1 Å². The van der Waals surface area contributed by atoms with Crippen molar-refractivity contribution in [1.29, 1.82) is 0 Å². The Morgan fingerprint density at radius 3 is 2.00 bits per heavy atom. The lowest BCUT2D eigenvalue weighted by atomic mass is 9.82. The van der Waals surface area contributed by atoms with Gasteiger partial charge >= 0.3 is 0 Å². The molecule has 0 amide bonds. The number of hydrogen-bond acceptors (Lipinski definition) is 2. The Labute approximate surface area is 89.1 Å². The highest BCUT2D eigenvalue weighted by molar-refractivity contribution is 4.93. The van der Waals surface area contributed by atoms with E-state index in [0.29, 0.717) is 17.0 Å². The number of piperazine rings is 1. The molecule has 1 unspecified atom stereocenters. The van der Waals surface area contributed by atoms with Gasteiger partial charge in [-0.05, 0) is 26.2 Å². The monoisotopic (exact) mass is 198 g/mol. The zero-order valence-corrected chi connectivity index (χ0v) is 10.6. The summed E-state index contributed by atoms with van der Waals surface area (Å²) in [5.74, 6) is 0. The molecule has 0 spiro atoms. The van der Waals surface area contributed by atoms with Gasteiger partial charge in [0.1, 0.15) is 0 Å². The fourth-order valence-electron chi connectivity index (χ4n) is 2.28. The molecule has 1 atom stereocenters. The molecule has 14 heavy (non-hydrogen) atoms. The van der Waals surface area contributed by atoms with Crippen LogP contribution in [-0.2, 0) is 0 Å². The summed E-state index contributed by atoms with van der Waals surface area (Å²) < 4.78 is 0. The van der Waals surface area contributed by atoms with Crippen LogP contribution in [0.2, 0.25) is 0 Å². The first-order valence-electron chi connectivity index (χ1n) is 5.70. The van der Waals surface area contributed by atoms with Crippen molar-refractivity contribution in [2.24, 2.45) is 5.41 Å². The Kier molecular flexibility index (Phi) is 3.27. The Morgan fingerprint density at radius 2 is 1.64 bits per heavy atom. The molecule has 0 radical (unpaired) electrons. The van der Waals surface area contributed by atoms with Crippen LogP contribution in [0.5, 0.6) is 0 Å². The summed E-state index contributed by atoms with van der Waals surface area (Å²) in [4.78, 5) is 2.64. The zero-order valence-electron chi connectivity index (χ0n) is 10.6. The number of nitrogens with zero attached hydrogens (tertiary/aromatic N) is 1. The Morgan fingerprint density at radius 1 is 1.07 bits per heavy atom. The van der Waals surface area contributed by atoms with Crippen LogP contribution in [0.1, 0.15) is 41.5 Å². The van der Waals surface area contributed by atoms with E-state index in [9.17, 15) is 0 Å². The maximum atomic E-state index is 3.50. The second-order valence-corrected chi connectivity index (χ2v) is 6.45. The van der Waals surface area contributed by atoms with Crippen LogP contribution in [0.25, 0.3) is 0 Å². The first kappa shape index (κ1) is 12.0. The SMILES string of the molecule is CC(C)(C)C1CNCCN1C(C)(C)C. The van der Waals surface area contributed by atoms with E-state index in [1.54, 1.807) is 0 Å². The van der Waals surface area contributed by atoms with Crippen molar-refractivity contribution in [3.8, 4) is 0 Å². The lowest BCUT2D eigenvalue weighted by Gasteiger charge is -2.50. The second kappa shape index (κ2) is 3.82. The summed E-state index contributed by atoms with van der Waals surface area (Å²) in [6.07, 6.45) is 0. The largest absolute Gasteiger partial charge is 0.314 e. The van der Waals surface area contributed by atoms with Gasteiger partial charge in [0.15, 0.2) is 0 Å². The van der Waals surface area contributed by atoms with Crippen molar-refractivity contribution >= 4 is 0 Å². The van der Waals surface area contributed by atoms with E-state index >= 15 is 0 Å². The number of hydrogen-bond donors (Lipinski definition) is 1. The predicted octanol–water partition coefficient (Wildman–Crippen LogP) is 2.10. The first-order chi connectivity index (χ1) is 6.23. The van der Waals surface area contributed by atoms with Gasteiger partial charge in [-0.1, -0.05) is 20.8 Å². The molecule has 0 aromatic heterocycles. The van der Waals surface area contributed by atoms with Gasteiger partial charge in [-0.15, -0.1) is 0 Å². The topological polar surface area (TPSA) is 15.3 Å². The molecule has 1 saturated heterocycles. The van der Waals surface area contributed by atoms with E-state index < -0.39 is 0 Å². The smallest absolute Gasteiger partial charge is 0.0274 e. The van der Waals surface area contributed by atoms with Gasteiger partial charge in [-0.3, -0.25) is 4.90 Å². The van der Waals surface area contributed by atoms with Crippen molar-refractivity contribution in [3.63, 3.8) is 0 Å². The molecule has 0 aliphatic carbocycles. The van der Waals surface area contributed by atoms with E-state index in [4.69, 9.17) is 0 Å². The van der Waals surface area contributed by atoms with Crippen LogP contribution < -0.4 is 5.32 Å². The molecule has 1 heterocycles. The molecule has 1 fully saturated rings. The van der Waals surface area contributed by atoms with Gasteiger partial charge in [0.2, 0.25) is 0 Å². The first-order valence-corrected chi connectivity index (χ1v) is 5.70. The van der Waals surface area contributed by atoms with Gasteiger partial charge in [0.05, 0.1) is 0 Å². The average molecular weight is 198 g/mol. The molecular weight excluding hydrogens is 172 g/mol. The third-order valence-corrected chi connectivity index (χ3v) is 3.10. The summed E-state index contributed by atoms with van der Waals surface area (Å²) in [6.45, 7) is 17.4. The van der Waals surface area contributed by atoms with Crippen LogP contribution >= 0.6 is 0 Å². The molecule has 0 bridgehead atoms. The molecule has 0 aromatic carbocycles. The van der Waals surface area contributed by atoms with Crippen LogP contribution in [0.15, 0.2) is 0 Å². The minimum Gasteiger partial charge on any atom is -0.314 e. The molecule has 1 aliphatic rings. The van der Waals surface area contributed by atoms with Gasteiger partial charge in [0.25, 0.3) is 0 Å². The second-order valence-electron chi connectivity index (χ2n) is 6.45. The summed E-state index contributed by atoms with van der Waals surface area (Å²) in [7, 11) is 0. The van der Waals surface area contributed by atoms with Gasteiger partial charge in [-0.25, -0.2) is 0 Å². The summed E-state index contributed by atoms with van der Waals surface area (Å²) in [5.41, 5.74) is 0.654. The zero-order chi connectivity index (χ0) is 11.0. The summed E-state index contributed by atoms with van der Waals surface area (Å²) in [6, 6.07) is 0.649. The van der Waals surface area contributed by atoms with E-state index in [1.165, 1.54) is 6.54 Å². The van der Waals surface area contributed by atoms with Crippen molar-refractivity contribution in [2.75, 3.05) is 19.6 Å². The Hall–Kier alpha value is -0.0800. The molecule has 0 saturated carbocycles. The maximum absolute atomic E-state index is 3.50. The third kappa shape index (κ3) is 2.71. The van der Waals surface area contributed by atoms with E-state index in [0.717, 1.165) is 13.1 Å². The fourth-order valence-corrected chi connectivity index (χ4v) is 2.28. The van der Waals surface area contributed by atoms with E-state index in [-0.39, 0.29) is 0 Å². The summed E-state index contributed by atoms with van der Waals surface area (Å²) in [5, 5.41) is 3.50. The lowest BCUT2D eigenvalue weighted by Crippen LogP contribution is -2.62. The normalized spacial score (nSPS) is 26.6. The Bertz CT molecular complexity index is 163. The van der Waals surface area contributed by atoms with E-state index in [1.807, 2.05) is 0 Å². The predicted molar refractivity (Wildman–Crippen MR) is 62.6 cm³/mol. The maximum Gasteiger partial charge on any atom is 0.0274 e. The average Bonchev–Trinajstić information content (AvgIpc) is 2.01. The number of nitrogens with one attached hydrogen (secondary N) is 1. The fraction of sp³-hybridized carbons (Fsp3) is 1.00. The molecular formula is C12H26N2. The molecule has 0 aromatic rings. The van der Waals surface area contributed by atoms with Gasteiger partial charge < -0.3 is 5.32 Å². The molecule has 1 N–H and O–H groups in total. The molecule has 1 aliphatic heterocycles. The quantitative estimate of drug-likeness (QED) is 0.641. The highest BCUT2D eigenvalue weighted by Crippen LogP contribution is 2.30. The summed E-state index contributed by atoms with van der Waals surface area (Å²) >= 11 is 0. The van der Waals surface area contributed by atoms with E-state index in [2.05, 4.69) is 51.8 Å². The highest BCUT2D eigenvalue weighted by atomic mass is 15.3. The molecule has 84 valence electrons. The molecule has 2 nitrogen and oxygen atoms in total. The lowest BCUT2D eigenvalue weighted by molar-refractivity contribution is 0.00534. The van der Waals surface area contributed by atoms with Crippen LogP contribution in [0.4, 0.5) is 0 Å². The van der Waals surface area contributed by atoms with Gasteiger partial charge in [0, 0.05) is 31.2 Å². The minimum atomic E-state index is 0.292. The van der Waals surface area contributed by atoms with Crippen molar-refractivity contribution in [2.45, 2.75) is 53.1 Å². The molecule has 2 heteroatoms. The van der Waals surface area contributed by atoms with Crippen molar-refractivity contribution < 1.29 is 0 Å². The highest BCUT2D eigenvalue weighted by Gasteiger charge is 2.37.